The van der Waals surface area contributed by atoms with Gasteiger partial charge in [0.25, 0.3) is 5.94 Å². The van der Waals surface area contributed by atoms with E-state index in [1.165, 1.54) is 70.8 Å². The third-order valence-corrected chi connectivity index (χ3v) is 6.39. The van der Waals surface area contributed by atoms with Crippen molar-refractivity contribution in [2.75, 3.05) is 11.7 Å². The first-order valence-corrected chi connectivity index (χ1v) is 11.1. The highest BCUT2D eigenvalue weighted by atomic mass is 32.2. The maximum atomic E-state index is 5.67. The van der Waals surface area contributed by atoms with E-state index in [0.717, 1.165) is 23.7 Å². The number of hydrogen-bond donors (Lipinski definition) is 0. The maximum absolute atomic E-state index is 5.67. The highest BCUT2D eigenvalue weighted by molar-refractivity contribution is 7.82. The third-order valence-electron chi connectivity index (χ3n) is 4.87. The highest BCUT2D eigenvalue weighted by Gasteiger charge is 2.12. The molecule has 0 amide bonds. The number of aryl methyl sites for hydroxylation is 4. The molecule has 0 radical (unpaired) electrons. The van der Waals surface area contributed by atoms with Crippen LogP contribution in [-0.4, -0.2) is 11.7 Å². The minimum absolute atomic E-state index is 0.760. The molecular weight excluding hydrogens is 344 g/mol. The Bertz CT molecular complexity index is 740. The molecule has 0 saturated carbocycles. The Hall–Kier alpha value is -1.42. The normalized spacial score (nSPS) is 15.0. The summed E-state index contributed by atoms with van der Waals surface area (Å²) in [5, 5.41) is 2.19. The van der Waals surface area contributed by atoms with Crippen LogP contribution in [0, 0.1) is 0 Å². The fraction of sp³-hybridized carbons (Fsp3) is 0.273. The summed E-state index contributed by atoms with van der Waals surface area (Å²) in [5.41, 5.74) is 8.71. The van der Waals surface area contributed by atoms with E-state index in [1.54, 1.807) is 0 Å². The van der Waals surface area contributed by atoms with Crippen molar-refractivity contribution in [3.8, 4) is 0 Å². The van der Waals surface area contributed by atoms with E-state index < -0.39 is 0 Å². The Morgan fingerprint density at radius 2 is 1.44 bits per heavy atom. The van der Waals surface area contributed by atoms with Crippen molar-refractivity contribution in [1.82, 2.24) is 0 Å². The second-order valence-corrected chi connectivity index (χ2v) is 8.33. The van der Waals surface area contributed by atoms with Crippen molar-refractivity contribution in [1.29, 1.82) is 0 Å². The Kier molecular flexibility index (Phi) is 5.65. The molecule has 0 saturated heterocycles. The van der Waals surface area contributed by atoms with Crippen molar-refractivity contribution in [3.63, 3.8) is 0 Å². The molecule has 128 valence electrons. The number of rotatable bonds is 8. The molecule has 0 aliphatic heterocycles. The predicted molar refractivity (Wildman–Crippen MR) is 114 cm³/mol. The van der Waals surface area contributed by atoms with Crippen LogP contribution in [0.25, 0.3) is 12.2 Å². The second-order valence-electron chi connectivity index (χ2n) is 6.53. The average molecular weight is 369 g/mol. The summed E-state index contributed by atoms with van der Waals surface area (Å²) in [6.07, 6.45) is 11.6. The van der Waals surface area contributed by atoms with Gasteiger partial charge in [-0.1, -0.05) is 42.5 Å². The van der Waals surface area contributed by atoms with E-state index in [-0.39, 0.29) is 0 Å². The van der Waals surface area contributed by atoms with Crippen LogP contribution in [0.2, 0.25) is 0 Å². The monoisotopic (exact) mass is 368 g/mol. The molecule has 2 aromatic rings. The molecule has 3 heteroatoms. The van der Waals surface area contributed by atoms with Gasteiger partial charge in [0.15, 0.2) is 5.75 Å². The van der Waals surface area contributed by atoms with Crippen LogP contribution >= 0.6 is 0 Å². The van der Waals surface area contributed by atoms with Crippen molar-refractivity contribution >= 4 is 36.0 Å². The molecule has 0 atom stereocenters. The van der Waals surface area contributed by atoms with E-state index in [9.17, 15) is 0 Å². The molecule has 0 bridgehead atoms. The van der Waals surface area contributed by atoms with E-state index >= 15 is 0 Å². The van der Waals surface area contributed by atoms with Crippen LogP contribution in [0.15, 0.2) is 47.9 Å². The van der Waals surface area contributed by atoms with E-state index in [1.807, 2.05) is 0 Å². The molecule has 25 heavy (non-hydrogen) atoms. The van der Waals surface area contributed by atoms with Crippen LogP contribution in [0.4, 0.5) is 0 Å². The SMILES string of the molecule is C(=C/c1ccc2c(c1)CC2)/C[SH+]OC[SH+]/C=C\c1ccc2c(c1)CC2. The topological polar surface area (TPSA) is 9.23 Å². The van der Waals surface area contributed by atoms with Crippen LogP contribution in [-0.2, 0) is 53.7 Å². The lowest BCUT2D eigenvalue weighted by molar-refractivity contribution is 0.461. The highest BCUT2D eigenvalue weighted by Crippen LogP contribution is 2.24. The van der Waals surface area contributed by atoms with Crippen molar-refractivity contribution in [3.05, 3.63) is 81.3 Å². The van der Waals surface area contributed by atoms with Gasteiger partial charge in [-0.25, -0.2) is 0 Å². The van der Waals surface area contributed by atoms with Crippen LogP contribution < -0.4 is 0 Å². The van der Waals surface area contributed by atoms with Gasteiger partial charge in [0.2, 0.25) is 0 Å². The van der Waals surface area contributed by atoms with Crippen LogP contribution in [0.3, 0.4) is 0 Å². The molecule has 0 heterocycles. The number of thiol groups is 2. The standard InChI is InChI=1S/C22H22OS2/c1(2-17-3-5-19-7-9-21(19)14-17)12-25-23-16-24-13-11-18-4-6-20-8-10-22(20)15-18/h1-6,11,13-15H,7-10,12,16H2/p+2/b2-1-,13-11-. The summed E-state index contributed by atoms with van der Waals surface area (Å²) in [6.45, 7) is 0. The summed E-state index contributed by atoms with van der Waals surface area (Å²) >= 11 is 2.25. The fourth-order valence-corrected chi connectivity index (χ4v) is 4.43. The van der Waals surface area contributed by atoms with E-state index in [0.29, 0.717) is 0 Å². The van der Waals surface area contributed by atoms with Crippen LogP contribution in [0.1, 0.15) is 33.4 Å². The molecule has 2 aliphatic rings. The lowest BCUT2D eigenvalue weighted by Gasteiger charge is -2.18. The molecule has 2 aliphatic carbocycles. The van der Waals surface area contributed by atoms with Gasteiger partial charge in [0, 0.05) is 11.8 Å². The van der Waals surface area contributed by atoms with Gasteiger partial charge >= 0.3 is 0 Å². The third kappa shape index (κ3) is 4.41. The van der Waals surface area contributed by atoms with Gasteiger partial charge in [0.05, 0.1) is 0 Å². The van der Waals surface area contributed by atoms with Crippen molar-refractivity contribution in [2.24, 2.45) is 0 Å². The first kappa shape index (κ1) is 17.0. The van der Waals surface area contributed by atoms with Gasteiger partial charge in [-0.3, -0.25) is 0 Å². The molecule has 0 fully saturated rings. The largest absolute Gasteiger partial charge is 0.260 e. The van der Waals surface area contributed by atoms with E-state index in [2.05, 4.69) is 60.0 Å². The zero-order valence-corrected chi connectivity index (χ0v) is 16.1. The molecular formula is C22H24OS2+2. The lowest BCUT2D eigenvalue weighted by atomic mass is 9.87. The number of benzene rings is 2. The maximum Gasteiger partial charge on any atom is 0.260 e. The Morgan fingerprint density at radius 3 is 2.04 bits per heavy atom. The van der Waals surface area contributed by atoms with Gasteiger partial charge in [0.1, 0.15) is 17.5 Å². The zero-order chi connectivity index (χ0) is 16.9. The Balaban J connectivity index is 1.10. The summed E-state index contributed by atoms with van der Waals surface area (Å²) in [6, 6.07) is 13.6. The molecule has 0 N–H and O–H groups in total. The van der Waals surface area contributed by atoms with Crippen molar-refractivity contribution in [2.45, 2.75) is 25.7 Å². The minimum Gasteiger partial charge on any atom is -0.122 e. The smallest absolute Gasteiger partial charge is 0.122 e. The lowest BCUT2D eigenvalue weighted by Crippen LogP contribution is -2.07. The quantitative estimate of drug-likeness (QED) is 0.387. The van der Waals surface area contributed by atoms with Gasteiger partial charge in [-0.05, 0) is 71.2 Å². The molecule has 0 unspecified atom stereocenters. The minimum atomic E-state index is 0.760. The second kappa shape index (κ2) is 8.31. The van der Waals surface area contributed by atoms with Gasteiger partial charge in [-0.15, -0.1) is 4.18 Å². The van der Waals surface area contributed by atoms with Crippen LogP contribution in [0.5, 0.6) is 0 Å². The average Bonchev–Trinajstić information content (AvgIpc) is 2.57. The first-order chi connectivity index (χ1) is 12.4. The zero-order valence-electron chi connectivity index (χ0n) is 14.3. The van der Waals surface area contributed by atoms with Gasteiger partial charge < -0.3 is 0 Å². The fourth-order valence-electron chi connectivity index (χ4n) is 3.18. The summed E-state index contributed by atoms with van der Waals surface area (Å²) in [7, 11) is 0. The summed E-state index contributed by atoms with van der Waals surface area (Å²) in [5.74, 6) is 1.71. The molecule has 4 rings (SSSR count). The molecule has 0 spiro atoms. The molecule has 2 aromatic carbocycles. The Labute approximate surface area is 158 Å². The predicted octanol–water partition coefficient (Wildman–Crippen LogP) is 4.09. The Morgan fingerprint density at radius 1 is 0.800 bits per heavy atom. The molecule has 1 nitrogen and oxygen atoms in total. The number of fused-ring (bicyclic) bond motifs is 2. The molecule has 0 aromatic heterocycles. The summed E-state index contributed by atoms with van der Waals surface area (Å²) < 4.78 is 5.67. The summed E-state index contributed by atoms with van der Waals surface area (Å²) in [4.78, 5) is 0. The first-order valence-electron chi connectivity index (χ1n) is 8.90. The van der Waals surface area contributed by atoms with Gasteiger partial charge in [-0.2, -0.15) is 0 Å². The number of hydrogen-bond acceptors (Lipinski definition) is 1. The van der Waals surface area contributed by atoms with E-state index in [4.69, 9.17) is 4.18 Å². The van der Waals surface area contributed by atoms with Crippen molar-refractivity contribution < 1.29 is 4.18 Å².